The van der Waals surface area contributed by atoms with Crippen LogP contribution in [0.2, 0.25) is 0 Å². The monoisotopic (exact) mass is 207 g/mol. The molecule has 3 amide bonds. The van der Waals surface area contributed by atoms with Crippen LogP contribution in [-0.2, 0) is 4.79 Å². The number of amides is 3. The third-order valence-electron chi connectivity index (χ3n) is 1.82. The predicted molar refractivity (Wildman–Crippen MR) is 54.2 cm³/mol. The molecule has 5 nitrogen and oxygen atoms in total. The third-order valence-corrected chi connectivity index (χ3v) is 1.82. The van der Waals surface area contributed by atoms with Crippen LogP contribution in [-0.4, -0.2) is 29.3 Å². The van der Waals surface area contributed by atoms with Gasteiger partial charge in [0.05, 0.1) is 5.69 Å². The Morgan fingerprint density at radius 2 is 2.00 bits per heavy atom. The smallest absolute Gasteiger partial charge is 0.284 e. The first-order valence-corrected chi connectivity index (χ1v) is 4.44. The molecular formula is C10H11N2O3. The molecule has 1 radical (unpaired) electrons. The Labute approximate surface area is 87.5 Å². The van der Waals surface area contributed by atoms with Crippen molar-refractivity contribution in [3.63, 3.8) is 0 Å². The largest absolute Gasteiger partial charge is 0.355 e. The van der Waals surface area contributed by atoms with Crippen molar-refractivity contribution in [3.05, 3.63) is 30.3 Å². The maximum absolute atomic E-state index is 11.4. The molecule has 0 aromatic heterocycles. The van der Waals surface area contributed by atoms with Crippen molar-refractivity contribution in [3.8, 4) is 0 Å². The molecule has 0 unspecified atom stereocenters. The van der Waals surface area contributed by atoms with E-state index in [1.54, 1.807) is 37.3 Å². The van der Waals surface area contributed by atoms with Gasteiger partial charge in [-0.2, -0.15) is 0 Å². The number of carbonyl (C=O) groups excluding carboxylic acids is 2. The molecule has 1 aromatic rings. The van der Waals surface area contributed by atoms with E-state index in [0.717, 1.165) is 0 Å². The van der Waals surface area contributed by atoms with E-state index >= 15 is 0 Å². The molecule has 0 aliphatic rings. The molecule has 79 valence electrons. The molecule has 15 heavy (non-hydrogen) atoms. The van der Waals surface area contributed by atoms with Crippen molar-refractivity contribution < 1.29 is 14.8 Å². The Balaban J connectivity index is 2.90. The maximum Gasteiger partial charge on any atom is 0.355 e. The van der Waals surface area contributed by atoms with Gasteiger partial charge in [-0.3, -0.25) is 10.0 Å². The molecule has 0 bridgehead atoms. The average Bonchev–Trinajstić information content (AvgIpc) is 2.30. The van der Waals surface area contributed by atoms with E-state index in [-0.39, 0.29) is 6.54 Å². The van der Waals surface area contributed by atoms with Gasteiger partial charge in [0, 0.05) is 6.54 Å². The van der Waals surface area contributed by atoms with E-state index in [1.165, 1.54) is 6.41 Å². The number of hydrogen-bond donors (Lipinski definition) is 1. The van der Waals surface area contributed by atoms with Crippen LogP contribution in [0.25, 0.3) is 0 Å². The van der Waals surface area contributed by atoms with Crippen LogP contribution in [0.5, 0.6) is 0 Å². The Morgan fingerprint density at radius 3 is 2.47 bits per heavy atom. The van der Waals surface area contributed by atoms with Gasteiger partial charge >= 0.3 is 12.4 Å². The second-order valence-electron chi connectivity index (χ2n) is 2.76. The molecule has 1 aromatic carbocycles. The first kappa shape index (κ1) is 11.2. The molecule has 1 rings (SSSR count). The maximum atomic E-state index is 11.4. The van der Waals surface area contributed by atoms with Crippen molar-refractivity contribution >= 4 is 18.1 Å². The molecule has 0 saturated heterocycles. The molecule has 0 aliphatic heterocycles. The summed E-state index contributed by atoms with van der Waals surface area (Å²) in [5, 5.41) is 9.59. The quantitative estimate of drug-likeness (QED) is 0.463. The van der Waals surface area contributed by atoms with Gasteiger partial charge in [0.2, 0.25) is 0 Å². The van der Waals surface area contributed by atoms with Crippen LogP contribution < -0.4 is 4.90 Å². The van der Waals surface area contributed by atoms with Crippen molar-refractivity contribution in [2.45, 2.75) is 6.92 Å². The van der Waals surface area contributed by atoms with Gasteiger partial charge in [-0.05, 0) is 19.1 Å². The zero-order valence-corrected chi connectivity index (χ0v) is 8.25. The van der Waals surface area contributed by atoms with Crippen molar-refractivity contribution in [2.24, 2.45) is 0 Å². The van der Waals surface area contributed by atoms with Crippen LogP contribution in [0, 0.1) is 0 Å². The van der Waals surface area contributed by atoms with Crippen LogP contribution in [0.15, 0.2) is 30.3 Å². The zero-order valence-electron chi connectivity index (χ0n) is 8.25. The highest BCUT2D eigenvalue weighted by Gasteiger charge is 2.20. The van der Waals surface area contributed by atoms with Crippen molar-refractivity contribution in [2.75, 3.05) is 11.4 Å². The Hall–Kier alpha value is -1.88. The molecule has 0 fully saturated rings. The van der Waals surface area contributed by atoms with E-state index in [2.05, 4.69) is 0 Å². The van der Waals surface area contributed by atoms with E-state index in [1.807, 2.05) is 0 Å². The minimum atomic E-state index is -0.821. The van der Waals surface area contributed by atoms with Crippen molar-refractivity contribution in [1.29, 1.82) is 0 Å². The number of benzene rings is 1. The summed E-state index contributed by atoms with van der Waals surface area (Å²) in [7, 11) is 0. The summed E-state index contributed by atoms with van der Waals surface area (Å²) < 4.78 is 0. The standard InChI is InChI=1S/C10H11N2O3/c1-2-12(15)10(14)11(8-13)9-6-4-3-5-7-9/h3-7,15H,2H2,1H3. The van der Waals surface area contributed by atoms with E-state index in [4.69, 9.17) is 5.21 Å². The summed E-state index contributed by atoms with van der Waals surface area (Å²) in [4.78, 5) is 22.8. The van der Waals surface area contributed by atoms with Gasteiger partial charge < -0.3 is 0 Å². The summed E-state index contributed by atoms with van der Waals surface area (Å²) in [5.41, 5.74) is 0.366. The van der Waals surface area contributed by atoms with E-state index < -0.39 is 6.03 Å². The number of urea groups is 1. The molecule has 0 spiro atoms. The Kier molecular flexibility index (Phi) is 3.82. The molecule has 0 heterocycles. The molecule has 1 N–H and O–H groups in total. The summed E-state index contributed by atoms with van der Waals surface area (Å²) in [5.74, 6) is 0. The summed E-state index contributed by atoms with van der Waals surface area (Å²) in [6.07, 6.45) is 1.47. The first-order valence-electron chi connectivity index (χ1n) is 4.44. The number of carbonyl (C=O) groups is 1. The summed E-state index contributed by atoms with van der Waals surface area (Å²) in [6, 6.07) is 7.45. The molecule has 0 aliphatic carbocycles. The third kappa shape index (κ3) is 2.54. The van der Waals surface area contributed by atoms with Gasteiger partial charge in [0.25, 0.3) is 0 Å². The second kappa shape index (κ2) is 5.11. The number of hydroxylamine groups is 2. The average molecular weight is 207 g/mol. The molecule has 5 heteroatoms. The van der Waals surface area contributed by atoms with Crippen molar-refractivity contribution in [1.82, 2.24) is 5.06 Å². The fourth-order valence-corrected chi connectivity index (χ4v) is 1.03. The second-order valence-corrected chi connectivity index (χ2v) is 2.76. The predicted octanol–water partition coefficient (Wildman–Crippen LogP) is 1.39. The molecule has 0 saturated carbocycles. The van der Waals surface area contributed by atoms with Crippen LogP contribution in [0.1, 0.15) is 6.92 Å². The number of anilines is 1. The lowest BCUT2D eigenvalue weighted by Gasteiger charge is -2.19. The summed E-state index contributed by atoms with van der Waals surface area (Å²) in [6.45, 7) is 1.69. The van der Waals surface area contributed by atoms with Gasteiger partial charge in [-0.1, -0.05) is 18.2 Å². The number of hydrogen-bond acceptors (Lipinski definition) is 3. The van der Waals surface area contributed by atoms with Gasteiger partial charge in [-0.15, -0.1) is 0 Å². The Morgan fingerprint density at radius 1 is 1.40 bits per heavy atom. The van der Waals surface area contributed by atoms with Crippen LogP contribution >= 0.6 is 0 Å². The summed E-state index contributed by atoms with van der Waals surface area (Å²) >= 11 is 0. The van der Waals surface area contributed by atoms with E-state index in [9.17, 15) is 9.59 Å². The lowest BCUT2D eigenvalue weighted by atomic mass is 10.3. The number of para-hydroxylation sites is 1. The highest BCUT2D eigenvalue weighted by Crippen LogP contribution is 2.12. The van der Waals surface area contributed by atoms with Gasteiger partial charge in [-0.25, -0.2) is 14.8 Å². The van der Waals surface area contributed by atoms with Crippen LogP contribution in [0.3, 0.4) is 0 Å². The SMILES string of the molecule is CCN(O)C(=O)N([C]=O)c1ccccc1. The topological polar surface area (TPSA) is 60.9 Å². The van der Waals surface area contributed by atoms with Gasteiger partial charge in [0.15, 0.2) is 0 Å². The molecular weight excluding hydrogens is 196 g/mol. The minimum Gasteiger partial charge on any atom is -0.284 e. The van der Waals surface area contributed by atoms with E-state index in [0.29, 0.717) is 15.7 Å². The van der Waals surface area contributed by atoms with Crippen LogP contribution in [0.4, 0.5) is 10.5 Å². The Bertz CT molecular complexity index is 340. The fraction of sp³-hybridized carbons (Fsp3) is 0.200. The number of rotatable bonds is 3. The normalized spacial score (nSPS) is 9.47. The minimum absolute atomic E-state index is 0.101. The fourth-order valence-electron chi connectivity index (χ4n) is 1.03. The zero-order chi connectivity index (χ0) is 11.3. The lowest BCUT2D eigenvalue weighted by Crippen LogP contribution is -2.40. The van der Waals surface area contributed by atoms with Gasteiger partial charge in [0.1, 0.15) is 0 Å². The number of nitrogens with zero attached hydrogens (tertiary/aromatic N) is 2. The highest BCUT2D eigenvalue weighted by molar-refractivity contribution is 6.05. The molecule has 0 atom stereocenters. The highest BCUT2D eigenvalue weighted by atomic mass is 16.5. The number of imide groups is 1. The lowest BCUT2D eigenvalue weighted by molar-refractivity contribution is -0.0342. The first-order chi connectivity index (χ1) is 7.20.